The summed E-state index contributed by atoms with van der Waals surface area (Å²) in [5.74, 6) is -2.01. The van der Waals surface area contributed by atoms with E-state index in [1.165, 1.54) is 0 Å². The predicted molar refractivity (Wildman–Crippen MR) is 185 cm³/mol. The summed E-state index contributed by atoms with van der Waals surface area (Å²) in [6.45, 7) is 4.96. The van der Waals surface area contributed by atoms with Crippen LogP contribution in [0.15, 0.2) is 36.4 Å². The largest absolute Gasteiger partial charge is 0.778 e. The van der Waals surface area contributed by atoms with E-state index in [9.17, 15) is 42.3 Å². The Kier molecular flexibility index (Phi) is 21.0. The van der Waals surface area contributed by atoms with Crippen molar-refractivity contribution >= 4 is 71.2 Å². The van der Waals surface area contributed by atoms with Gasteiger partial charge in [-0.05, 0) is 60.6 Å². The standard InChI is InChI=1S/C14H7ClF3NO5.C7H12ClN5.C3H8NO5P.C3H9S/c15-10-5-7(14(16,17)18)1-4-12(10)24-8-2-3-11(19(22)23)9(6-8)13(20)21;1-3-9-6-11-5(8)12-7(13-6)10-4-2;5-3(6)1-4-2-10(7,8)9;1-4(2)3/h1-6H,(H,20,21);3-4H2,1-2H3,(H2,9,10,11,12,13);4H,1-2H2,(H,5,6)(H2,7,8,9);1-3H3/q;;;+1/p-1. The molecule has 0 aliphatic rings. The molecule has 2 aromatic carbocycles. The number of hydrogen-bond donors (Lipinski definition) is 6. The lowest BCUT2D eigenvalue weighted by Crippen LogP contribution is -2.25. The normalized spacial score (nSPS) is 11.6. The maximum atomic E-state index is 12.6. The third-order valence-corrected chi connectivity index (χ3v) is 5.84. The van der Waals surface area contributed by atoms with Crippen LogP contribution in [-0.2, 0) is 26.4 Å². The fraction of sp³-hybridized carbons (Fsp3) is 0.370. The van der Waals surface area contributed by atoms with Crippen LogP contribution in [0.25, 0.3) is 0 Å². The number of alkyl halides is 3. The first-order chi connectivity index (χ1) is 23.5. The van der Waals surface area contributed by atoms with Crippen molar-refractivity contribution in [2.24, 2.45) is 0 Å². The van der Waals surface area contributed by atoms with Crippen molar-refractivity contribution in [1.29, 1.82) is 0 Å². The van der Waals surface area contributed by atoms with Gasteiger partial charge in [0.15, 0.2) is 0 Å². The summed E-state index contributed by atoms with van der Waals surface area (Å²) in [7, 11) is -3.71. The van der Waals surface area contributed by atoms with Crippen molar-refractivity contribution < 1.29 is 57.0 Å². The first kappa shape index (κ1) is 47.0. The molecule has 3 rings (SSSR count). The van der Waals surface area contributed by atoms with Gasteiger partial charge in [-0.15, -0.1) is 0 Å². The van der Waals surface area contributed by atoms with E-state index in [0.717, 1.165) is 43.4 Å². The Bertz CT molecular complexity index is 1630. The molecule has 1 aromatic heterocycles. The molecule has 0 saturated carbocycles. The average molecular weight is 809 g/mol. The molecule has 0 fully saturated rings. The number of nitrogens with zero attached hydrogens (tertiary/aromatic N) is 4. The SMILES string of the molecule is CCNc1nc(Cl)nc(NCC)n1.C[S+](C)C.O=C(O)CNCP(=O)([O-])O.O=C(O)c1cc(Oc2ccc(C(F)(F)F)cc2Cl)ccc1[N+](=O)[O-]. The van der Waals surface area contributed by atoms with Crippen LogP contribution in [0, 0.1) is 10.1 Å². The molecule has 0 bridgehead atoms. The Morgan fingerprint density at radius 2 is 1.53 bits per heavy atom. The van der Waals surface area contributed by atoms with E-state index in [4.69, 9.17) is 43.0 Å². The van der Waals surface area contributed by atoms with Gasteiger partial charge in [0.2, 0.25) is 17.2 Å². The zero-order valence-corrected chi connectivity index (χ0v) is 30.7. The summed E-state index contributed by atoms with van der Waals surface area (Å²) in [5, 5.41) is 35.5. The number of benzene rings is 2. The van der Waals surface area contributed by atoms with Gasteiger partial charge in [-0.2, -0.15) is 28.1 Å². The van der Waals surface area contributed by atoms with Crippen LogP contribution < -0.4 is 25.6 Å². The van der Waals surface area contributed by atoms with E-state index in [1.54, 1.807) is 0 Å². The summed E-state index contributed by atoms with van der Waals surface area (Å²) in [5.41, 5.74) is -2.25. The second-order valence-corrected chi connectivity index (χ2v) is 14.4. The molecule has 1 heterocycles. The number of nitro benzene ring substituents is 1. The number of anilines is 2. The molecule has 284 valence electrons. The Morgan fingerprint density at radius 3 is 1.92 bits per heavy atom. The number of rotatable bonds is 12. The summed E-state index contributed by atoms with van der Waals surface area (Å²) < 4.78 is 52.8. The molecule has 51 heavy (non-hydrogen) atoms. The first-order valence-corrected chi connectivity index (χ1v) is 18.9. The number of aromatic nitrogens is 3. The number of hydrogen-bond acceptors (Lipinski definition) is 13. The minimum atomic E-state index is -4.58. The Morgan fingerprint density at radius 1 is 1.00 bits per heavy atom. The number of nitro groups is 1. The van der Waals surface area contributed by atoms with Crippen molar-refractivity contribution in [3.05, 3.63) is 67.9 Å². The number of ether oxygens (including phenoxy) is 1. The van der Waals surface area contributed by atoms with E-state index in [1.807, 2.05) is 19.2 Å². The number of carbonyl (C=O) groups is 2. The quantitative estimate of drug-likeness (QED) is 0.0621. The second kappa shape index (κ2) is 22.8. The van der Waals surface area contributed by atoms with Crippen LogP contribution in [0.3, 0.4) is 0 Å². The molecular weight excluding hydrogens is 773 g/mol. The predicted octanol–water partition coefficient (Wildman–Crippen LogP) is 4.80. The maximum Gasteiger partial charge on any atom is 0.416 e. The van der Waals surface area contributed by atoms with Gasteiger partial charge in [-0.25, -0.2) is 4.79 Å². The van der Waals surface area contributed by atoms with Gasteiger partial charge in [-0.3, -0.25) is 20.2 Å². The van der Waals surface area contributed by atoms with Crippen molar-refractivity contribution in [2.45, 2.75) is 20.0 Å². The third kappa shape index (κ3) is 21.1. The molecule has 0 amide bonds. The van der Waals surface area contributed by atoms with E-state index < -0.39 is 60.3 Å². The van der Waals surface area contributed by atoms with E-state index in [0.29, 0.717) is 28.9 Å². The minimum Gasteiger partial charge on any atom is -0.778 e. The van der Waals surface area contributed by atoms with Gasteiger partial charge in [-0.1, -0.05) is 11.6 Å². The van der Waals surface area contributed by atoms with Crippen LogP contribution in [0.5, 0.6) is 11.5 Å². The molecule has 1 unspecified atom stereocenters. The molecular formula is C27H35Cl2F3N7O10PS. The summed E-state index contributed by atoms with van der Waals surface area (Å²) in [4.78, 5) is 60.6. The highest BCUT2D eigenvalue weighted by Gasteiger charge is 2.31. The molecule has 17 nitrogen and oxygen atoms in total. The highest BCUT2D eigenvalue weighted by Crippen LogP contribution is 2.37. The van der Waals surface area contributed by atoms with Gasteiger partial charge in [0.05, 0.1) is 47.1 Å². The van der Waals surface area contributed by atoms with Gasteiger partial charge >= 0.3 is 18.1 Å². The number of carboxylic acid groups (broad SMARTS) is 2. The Labute approximate surface area is 302 Å². The van der Waals surface area contributed by atoms with Gasteiger partial charge in [0.25, 0.3) is 5.69 Å². The maximum absolute atomic E-state index is 12.6. The first-order valence-electron chi connectivity index (χ1n) is 13.9. The van der Waals surface area contributed by atoms with Crippen molar-refractivity contribution in [1.82, 2.24) is 20.3 Å². The van der Waals surface area contributed by atoms with Crippen LogP contribution in [0.2, 0.25) is 10.3 Å². The zero-order valence-electron chi connectivity index (χ0n) is 27.5. The number of halogens is 5. The second-order valence-electron chi connectivity index (χ2n) is 9.64. The molecule has 3 aromatic rings. The number of carboxylic acids is 2. The molecule has 0 aliphatic carbocycles. The van der Waals surface area contributed by atoms with E-state index in [2.05, 4.69) is 44.4 Å². The van der Waals surface area contributed by atoms with Crippen molar-refractivity contribution in [3.63, 3.8) is 0 Å². The lowest BCUT2D eigenvalue weighted by molar-refractivity contribution is -0.385. The smallest absolute Gasteiger partial charge is 0.416 e. The summed E-state index contributed by atoms with van der Waals surface area (Å²) in [6, 6.07) is 5.27. The molecule has 0 saturated heterocycles. The van der Waals surface area contributed by atoms with Crippen LogP contribution in [0.4, 0.5) is 30.8 Å². The monoisotopic (exact) mass is 807 g/mol. The molecule has 6 N–H and O–H groups in total. The third-order valence-electron chi connectivity index (χ3n) is 4.75. The number of aliphatic carboxylic acids is 1. The lowest BCUT2D eigenvalue weighted by atomic mass is 10.1. The summed E-state index contributed by atoms with van der Waals surface area (Å²) >= 11 is 11.4. The Hall–Kier alpha value is -3.98. The molecule has 24 heteroatoms. The van der Waals surface area contributed by atoms with Crippen LogP contribution in [0.1, 0.15) is 29.8 Å². The zero-order chi connectivity index (χ0) is 39.5. The summed E-state index contributed by atoms with van der Waals surface area (Å²) in [6.07, 6.45) is 1.30. The molecule has 1 atom stereocenters. The fourth-order valence-electron chi connectivity index (χ4n) is 2.92. The topological polar surface area (TPSA) is 262 Å². The fourth-order valence-corrected chi connectivity index (χ4v) is 3.70. The highest BCUT2D eigenvalue weighted by atomic mass is 35.5. The molecule has 0 spiro atoms. The Balaban J connectivity index is 0.000000776. The van der Waals surface area contributed by atoms with Crippen molar-refractivity contribution in [3.8, 4) is 11.5 Å². The number of aromatic carboxylic acids is 1. The minimum absolute atomic E-state index is 0.125. The van der Waals surface area contributed by atoms with E-state index >= 15 is 0 Å². The van der Waals surface area contributed by atoms with Gasteiger partial charge in [0, 0.05) is 25.2 Å². The van der Waals surface area contributed by atoms with Crippen LogP contribution in [-0.4, -0.2) is 91.6 Å². The van der Waals surface area contributed by atoms with E-state index in [-0.39, 0.29) is 21.8 Å². The molecule has 0 aliphatic heterocycles. The van der Waals surface area contributed by atoms with Gasteiger partial charge in [0.1, 0.15) is 24.7 Å². The average Bonchev–Trinajstić information content (AvgIpc) is 2.97. The van der Waals surface area contributed by atoms with Crippen LogP contribution >= 0.6 is 30.8 Å². The lowest BCUT2D eigenvalue weighted by Gasteiger charge is -2.14. The number of nitrogens with one attached hydrogen (secondary N) is 3. The van der Waals surface area contributed by atoms with Crippen molar-refractivity contribution in [2.75, 3.05) is 55.3 Å². The van der Waals surface area contributed by atoms with Gasteiger partial charge < -0.3 is 39.9 Å². The highest BCUT2D eigenvalue weighted by molar-refractivity contribution is 7.94. The molecule has 0 radical (unpaired) electrons.